The molecule has 0 saturated carbocycles. The molecule has 1 aliphatic heterocycles. The van der Waals surface area contributed by atoms with E-state index in [2.05, 4.69) is 35.5 Å². The van der Waals surface area contributed by atoms with E-state index in [1.54, 1.807) is 0 Å². The molecular weight excluding hydrogens is 262 g/mol. The predicted molar refractivity (Wildman–Crippen MR) is 83.3 cm³/mol. The topological polar surface area (TPSA) is 53.1 Å². The van der Waals surface area contributed by atoms with Crippen LogP contribution in [-0.4, -0.2) is 16.2 Å². The van der Waals surface area contributed by atoms with E-state index < -0.39 is 0 Å². The molecule has 2 aromatic rings. The van der Waals surface area contributed by atoms with Gasteiger partial charge in [0.1, 0.15) is 5.75 Å². The maximum Gasteiger partial charge on any atom is 0.124 e. The fourth-order valence-electron chi connectivity index (χ4n) is 3.10. The molecule has 0 aliphatic carbocycles. The van der Waals surface area contributed by atoms with Crippen molar-refractivity contribution in [2.75, 3.05) is 6.61 Å². The smallest absolute Gasteiger partial charge is 0.124 e. The van der Waals surface area contributed by atoms with Gasteiger partial charge in [-0.05, 0) is 18.4 Å². The van der Waals surface area contributed by atoms with Crippen LogP contribution < -0.4 is 10.5 Å². The molecule has 0 spiro atoms. The summed E-state index contributed by atoms with van der Waals surface area (Å²) >= 11 is 0. The van der Waals surface area contributed by atoms with Crippen molar-refractivity contribution >= 4 is 0 Å². The minimum Gasteiger partial charge on any atom is -0.493 e. The van der Waals surface area contributed by atoms with Gasteiger partial charge in [-0.3, -0.25) is 0 Å². The van der Waals surface area contributed by atoms with Crippen LogP contribution in [0, 0.1) is 5.92 Å². The molecule has 4 nitrogen and oxygen atoms in total. The average Bonchev–Trinajstić information content (AvgIpc) is 2.95. The van der Waals surface area contributed by atoms with Gasteiger partial charge < -0.3 is 15.0 Å². The van der Waals surface area contributed by atoms with Crippen molar-refractivity contribution in [3.8, 4) is 5.75 Å². The number of benzene rings is 1. The molecule has 0 radical (unpaired) electrons. The minimum atomic E-state index is 0.0301. The number of hydrogen-bond acceptors (Lipinski definition) is 3. The number of para-hydroxylation sites is 1. The molecule has 1 aromatic carbocycles. The molecule has 0 bridgehead atoms. The van der Waals surface area contributed by atoms with Crippen molar-refractivity contribution in [1.82, 2.24) is 9.55 Å². The lowest BCUT2D eigenvalue weighted by Gasteiger charge is -2.29. The lowest BCUT2D eigenvalue weighted by molar-refractivity contribution is 0.253. The van der Waals surface area contributed by atoms with Gasteiger partial charge >= 0.3 is 0 Å². The summed E-state index contributed by atoms with van der Waals surface area (Å²) in [5, 5.41) is 0. The van der Waals surface area contributed by atoms with E-state index in [0.29, 0.717) is 5.92 Å². The number of nitrogens with zero attached hydrogens (tertiary/aromatic N) is 2. The summed E-state index contributed by atoms with van der Waals surface area (Å²) < 4.78 is 7.98. The number of imidazole rings is 1. The Morgan fingerprint density at radius 1 is 1.38 bits per heavy atom. The monoisotopic (exact) mass is 285 g/mol. The Hall–Kier alpha value is -1.81. The van der Waals surface area contributed by atoms with E-state index in [1.807, 2.05) is 24.7 Å². The first-order chi connectivity index (χ1) is 10.2. The second-order valence-corrected chi connectivity index (χ2v) is 6.15. The van der Waals surface area contributed by atoms with Gasteiger partial charge in [0.15, 0.2) is 0 Å². The second-order valence-electron chi connectivity index (χ2n) is 6.15. The summed E-state index contributed by atoms with van der Waals surface area (Å²) in [5.74, 6) is 1.55. The van der Waals surface area contributed by atoms with Gasteiger partial charge in [-0.25, -0.2) is 4.98 Å². The van der Waals surface area contributed by atoms with E-state index in [4.69, 9.17) is 10.5 Å². The summed E-state index contributed by atoms with van der Waals surface area (Å²) in [4.78, 5) is 4.34. The van der Waals surface area contributed by atoms with Gasteiger partial charge in [-0.2, -0.15) is 0 Å². The minimum absolute atomic E-state index is 0.0301. The molecule has 2 unspecified atom stereocenters. The molecular formula is C17H23N3O. The molecule has 3 rings (SSSR count). The predicted octanol–water partition coefficient (Wildman–Crippen LogP) is 3.30. The Bertz CT molecular complexity index is 606. The molecule has 2 heterocycles. The Kier molecular flexibility index (Phi) is 3.97. The van der Waals surface area contributed by atoms with Gasteiger partial charge in [0.2, 0.25) is 0 Å². The van der Waals surface area contributed by atoms with Crippen molar-refractivity contribution < 1.29 is 4.74 Å². The molecule has 2 N–H and O–H groups in total. The van der Waals surface area contributed by atoms with Gasteiger partial charge in [0.25, 0.3) is 0 Å². The van der Waals surface area contributed by atoms with Crippen molar-refractivity contribution in [3.05, 3.63) is 48.0 Å². The van der Waals surface area contributed by atoms with Crippen LogP contribution in [0.4, 0.5) is 0 Å². The summed E-state index contributed by atoms with van der Waals surface area (Å²) in [6.45, 7) is 5.13. The van der Waals surface area contributed by atoms with Crippen LogP contribution in [0.15, 0.2) is 36.8 Å². The number of ether oxygens (including phenoxy) is 1. The van der Waals surface area contributed by atoms with E-state index >= 15 is 0 Å². The van der Waals surface area contributed by atoms with Gasteiger partial charge in [0.05, 0.1) is 24.7 Å². The van der Waals surface area contributed by atoms with Crippen molar-refractivity contribution in [2.45, 2.75) is 38.8 Å². The fraction of sp³-hybridized carbons (Fsp3) is 0.471. The van der Waals surface area contributed by atoms with Gasteiger partial charge in [0, 0.05) is 24.2 Å². The zero-order chi connectivity index (χ0) is 14.8. The van der Waals surface area contributed by atoms with Crippen molar-refractivity contribution in [2.24, 2.45) is 11.7 Å². The summed E-state index contributed by atoms with van der Waals surface area (Å²) in [5.41, 5.74) is 8.71. The summed E-state index contributed by atoms with van der Waals surface area (Å²) in [6, 6.07) is 8.54. The summed E-state index contributed by atoms with van der Waals surface area (Å²) in [7, 11) is 0. The molecule has 2 atom stereocenters. The Balaban J connectivity index is 1.94. The molecule has 0 amide bonds. The van der Waals surface area contributed by atoms with Crippen LogP contribution in [-0.2, 0) is 0 Å². The highest BCUT2D eigenvalue weighted by Crippen LogP contribution is 2.36. The highest BCUT2D eigenvalue weighted by atomic mass is 16.5. The first-order valence-electron chi connectivity index (χ1n) is 7.66. The molecule has 1 aliphatic rings. The van der Waals surface area contributed by atoms with Crippen LogP contribution >= 0.6 is 0 Å². The molecule has 0 saturated heterocycles. The normalized spacial score (nSPS) is 19.1. The zero-order valence-corrected chi connectivity index (χ0v) is 12.7. The fourth-order valence-corrected chi connectivity index (χ4v) is 3.10. The highest BCUT2D eigenvalue weighted by Gasteiger charge is 2.25. The summed E-state index contributed by atoms with van der Waals surface area (Å²) in [6.07, 6.45) is 5.73. The largest absolute Gasteiger partial charge is 0.493 e. The number of nitrogens with two attached hydrogens (primary N) is 1. The molecule has 0 fully saturated rings. The third kappa shape index (κ3) is 2.81. The average molecular weight is 285 g/mol. The third-order valence-electron chi connectivity index (χ3n) is 4.06. The Morgan fingerprint density at radius 2 is 2.19 bits per heavy atom. The van der Waals surface area contributed by atoms with E-state index in [1.165, 1.54) is 5.56 Å². The quantitative estimate of drug-likeness (QED) is 0.937. The van der Waals surface area contributed by atoms with Crippen molar-refractivity contribution in [3.63, 3.8) is 0 Å². The Morgan fingerprint density at radius 3 is 3.00 bits per heavy atom. The third-order valence-corrected chi connectivity index (χ3v) is 4.06. The molecule has 1 aromatic heterocycles. The zero-order valence-electron chi connectivity index (χ0n) is 12.7. The molecule has 4 heteroatoms. The number of aromatic nitrogens is 2. The SMILES string of the molecule is CC(C)CC(N)c1cncn1C1CCOc2ccccc21. The molecule has 21 heavy (non-hydrogen) atoms. The maximum atomic E-state index is 6.38. The number of fused-ring (bicyclic) bond motifs is 1. The highest BCUT2D eigenvalue weighted by molar-refractivity contribution is 5.38. The van der Waals surface area contributed by atoms with Crippen LogP contribution in [0.25, 0.3) is 0 Å². The van der Waals surface area contributed by atoms with E-state index in [-0.39, 0.29) is 12.1 Å². The number of rotatable bonds is 4. The van der Waals surface area contributed by atoms with Gasteiger partial charge in [-0.1, -0.05) is 32.0 Å². The standard InChI is InChI=1S/C17H23N3O/c1-12(2)9-14(18)16-10-19-11-20(16)15-7-8-21-17-6-4-3-5-13(15)17/h3-6,10-12,14-15H,7-9,18H2,1-2H3. The van der Waals surface area contributed by atoms with Crippen LogP contribution in [0.5, 0.6) is 5.75 Å². The Labute approximate surface area is 125 Å². The van der Waals surface area contributed by atoms with Crippen LogP contribution in [0.1, 0.15) is 50.0 Å². The second kappa shape index (κ2) is 5.90. The lowest BCUT2D eigenvalue weighted by Crippen LogP contribution is -2.24. The lowest BCUT2D eigenvalue weighted by atomic mass is 9.98. The van der Waals surface area contributed by atoms with Crippen molar-refractivity contribution in [1.29, 1.82) is 0 Å². The van der Waals surface area contributed by atoms with E-state index in [0.717, 1.165) is 30.9 Å². The van der Waals surface area contributed by atoms with Crippen LogP contribution in [0.3, 0.4) is 0 Å². The van der Waals surface area contributed by atoms with Gasteiger partial charge in [-0.15, -0.1) is 0 Å². The maximum absolute atomic E-state index is 6.38. The molecule has 112 valence electrons. The first kappa shape index (κ1) is 14.1. The van der Waals surface area contributed by atoms with Crippen LogP contribution in [0.2, 0.25) is 0 Å². The first-order valence-corrected chi connectivity index (χ1v) is 7.66. The number of hydrogen-bond donors (Lipinski definition) is 1. The van der Waals surface area contributed by atoms with E-state index in [9.17, 15) is 0 Å².